The van der Waals surface area contributed by atoms with Gasteiger partial charge in [-0.25, -0.2) is 0 Å². The number of carbonyl (C=O) groups is 1. The average Bonchev–Trinajstić information content (AvgIpc) is 2.27. The van der Waals surface area contributed by atoms with Crippen LogP contribution in [-0.4, -0.2) is 39.5 Å². The summed E-state index contributed by atoms with van der Waals surface area (Å²) in [4.78, 5) is 14.2. The van der Waals surface area contributed by atoms with Crippen LogP contribution in [0.5, 0.6) is 5.75 Å². The largest absolute Gasteiger partial charge is 0.495 e. The summed E-state index contributed by atoms with van der Waals surface area (Å²) >= 11 is 0. The third-order valence-electron chi connectivity index (χ3n) is 2.05. The highest BCUT2D eigenvalue weighted by molar-refractivity contribution is 5.67. The molecule has 16 heavy (non-hydrogen) atoms. The number of carboxylic acid groups (broad SMARTS) is 1. The van der Waals surface area contributed by atoms with Gasteiger partial charge in [0.25, 0.3) is 0 Å². The van der Waals surface area contributed by atoms with E-state index in [0.717, 1.165) is 0 Å². The van der Waals surface area contributed by atoms with E-state index in [1.54, 1.807) is 6.07 Å². The van der Waals surface area contributed by atoms with Crippen LogP contribution in [0.1, 0.15) is 18.2 Å². The molecule has 1 aromatic rings. The van der Waals surface area contributed by atoms with Gasteiger partial charge in [-0.2, -0.15) is 0 Å². The van der Waals surface area contributed by atoms with Crippen molar-refractivity contribution in [1.82, 2.24) is 4.98 Å². The lowest BCUT2D eigenvalue weighted by Crippen LogP contribution is -2.22. The number of rotatable bonds is 5. The highest BCUT2D eigenvalue weighted by Gasteiger charge is 2.22. The van der Waals surface area contributed by atoms with E-state index in [1.807, 2.05) is 0 Å². The van der Waals surface area contributed by atoms with Crippen LogP contribution in [0.15, 0.2) is 18.3 Å². The number of aliphatic hydroxyl groups excluding tert-OH is 2. The van der Waals surface area contributed by atoms with Gasteiger partial charge in [0, 0.05) is 0 Å². The molecule has 0 aromatic carbocycles. The van der Waals surface area contributed by atoms with E-state index in [2.05, 4.69) is 4.98 Å². The Morgan fingerprint density at radius 2 is 2.19 bits per heavy atom. The standard InChI is InChI=1S/C10H13NO5/c1-16-6-2-3-7(11-5-6)10(15)8(12)4-9(13)14/h2-3,5,8,10,12,15H,4H2,1H3,(H,13,14). The van der Waals surface area contributed by atoms with Crippen LogP contribution < -0.4 is 4.74 Å². The quantitative estimate of drug-likeness (QED) is 0.652. The van der Waals surface area contributed by atoms with Crippen molar-refractivity contribution in [2.75, 3.05) is 7.11 Å². The Labute approximate surface area is 92.1 Å². The molecule has 6 nitrogen and oxygen atoms in total. The molecule has 1 heterocycles. The first-order chi connectivity index (χ1) is 7.54. The van der Waals surface area contributed by atoms with Crippen molar-refractivity contribution >= 4 is 5.97 Å². The molecule has 88 valence electrons. The number of aromatic nitrogens is 1. The van der Waals surface area contributed by atoms with Crippen LogP contribution in [0, 0.1) is 0 Å². The Hall–Kier alpha value is -1.66. The maximum absolute atomic E-state index is 10.3. The lowest BCUT2D eigenvalue weighted by molar-refractivity contribution is -0.141. The van der Waals surface area contributed by atoms with Gasteiger partial charge in [-0.05, 0) is 12.1 Å². The molecule has 1 rings (SSSR count). The SMILES string of the molecule is COc1ccc(C(O)C(O)CC(=O)O)nc1. The third-order valence-corrected chi connectivity index (χ3v) is 2.05. The smallest absolute Gasteiger partial charge is 0.306 e. The molecule has 1 aromatic heterocycles. The zero-order valence-electron chi connectivity index (χ0n) is 8.70. The van der Waals surface area contributed by atoms with E-state index in [0.29, 0.717) is 5.75 Å². The molecule has 3 N–H and O–H groups in total. The van der Waals surface area contributed by atoms with Gasteiger partial charge >= 0.3 is 5.97 Å². The fraction of sp³-hybridized carbons (Fsp3) is 0.400. The van der Waals surface area contributed by atoms with Crippen molar-refractivity contribution in [3.8, 4) is 5.75 Å². The first-order valence-electron chi connectivity index (χ1n) is 4.62. The van der Waals surface area contributed by atoms with Crippen molar-refractivity contribution in [3.63, 3.8) is 0 Å². The first-order valence-corrected chi connectivity index (χ1v) is 4.62. The van der Waals surface area contributed by atoms with E-state index in [-0.39, 0.29) is 5.69 Å². The summed E-state index contributed by atoms with van der Waals surface area (Å²) in [6.45, 7) is 0. The Morgan fingerprint density at radius 3 is 2.62 bits per heavy atom. The molecule has 0 fully saturated rings. The minimum Gasteiger partial charge on any atom is -0.495 e. The first kappa shape index (κ1) is 12.4. The molecule has 2 unspecified atom stereocenters. The summed E-state index contributed by atoms with van der Waals surface area (Å²) in [6, 6.07) is 3.04. The lowest BCUT2D eigenvalue weighted by Gasteiger charge is -2.15. The highest BCUT2D eigenvalue weighted by atomic mass is 16.5. The van der Waals surface area contributed by atoms with Crippen molar-refractivity contribution in [2.45, 2.75) is 18.6 Å². The fourth-order valence-corrected chi connectivity index (χ4v) is 1.18. The second-order valence-electron chi connectivity index (χ2n) is 3.23. The number of nitrogens with zero attached hydrogens (tertiary/aromatic N) is 1. The molecule has 2 atom stereocenters. The van der Waals surface area contributed by atoms with Gasteiger partial charge in [0.1, 0.15) is 11.9 Å². The minimum absolute atomic E-state index is 0.203. The van der Waals surface area contributed by atoms with E-state index in [1.165, 1.54) is 19.4 Å². The topological polar surface area (TPSA) is 99.9 Å². The van der Waals surface area contributed by atoms with Gasteiger partial charge in [0.15, 0.2) is 0 Å². The summed E-state index contributed by atoms with van der Waals surface area (Å²) in [6.07, 6.45) is -1.85. The van der Waals surface area contributed by atoms with Crippen LogP contribution in [0.25, 0.3) is 0 Å². The van der Waals surface area contributed by atoms with Crippen LogP contribution in [0.2, 0.25) is 0 Å². The summed E-state index contributed by atoms with van der Waals surface area (Å²) in [7, 11) is 1.48. The maximum Gasteiger partial charge on any atom is 0.306 e. The molecule has 0 amide bonds. The number of aliphatic hydroxyl groups is 2. The Morgan fingerprint density at radius 1 is 1.50 bits per heavy atom. The average molecular weight is 227 g/mol. The van der Waals surface area contributed by atoms with Crippen LogP contribution in [0.4, 0.5) is 0 Å². The summed E-state index contributed by atoms with van der Waals surface area (Å²) in [5.74, 6) is -0.663. The van der Waals surface area contributed by atoms with E-state index in [9.17, 15) is 15.0 Å². The minimum atomic E-state index is -1.38. The number of ether oxygens (including phenoxy) is 1. The summed E-state index contributed by atoms with van der Waals surface area (Å²) < 4.78 is 4.87. The molecule has 0 spiro atoms. The number of pyridine rings is 1. The Kier molecular flexibility index (Phi) is 4.21. The zero-order valence-corrected chi connectivity index (χ0v) is 8.70. The van der Waals surface area contributed by atoms with Gasteiger partial charge in [-0.1, -0.05) is 0 Å². The summed E-state index contributed by atoms with van der Waals surface area (Å²) in [5, 5.41) is 27.4. The van der Waals surface area contributed by atoms with Gasteiger partial charge in [-0.3, -0.25) is 9.78 Å². The summed E-state index contributed by atoms with van der Waals surface area (Å²) in [5.41, 5.74) is 0.203. The zero-order chi connectivity index (χ0) is 12.1. The van der Waals surface area contributed by atoms with E-state index in [4.69, 9.17) is 9.84 Å². The monoisotopic (exact) mass is 227 g/mol. The maximum atomic E-state index is 10.3. The molecule has 6 heteroatoms. The fourth-order valence-electron chi connectivity index (χ4n) is 1.18. The molecule has 0 saturated carbocycles. The van der Waals surface area contributed by atoms with Crippen LogP contribution >= 0.6 is 0 Å². The molecule has 0 bridgehead atoms. The normalized spacial score (nSPS) is 14.2. The number of aliphatic carboxylic acids is 1. The van der Waals surface area contributed by atoms with E-state index >= 15 is 0 Å². The molecule has 0 aliphatic carbocycles. The molecule has 0 aliphatic rings. The number of hydrogen-bond donors (Lipinski definition) is 3. The predicted molar refractivity (Wildman–Crippen MR) is 54.0 cm³/mol. The van der Waals surface area contributed by atoms with Crippen LogP contribution in [-0.2, 0) is 4.79 Å². The van der Waals surface area contributed by atoms with Gasteiger partial charge < -0.3 is 20.1 Å². The second kappa shape index (κ2) is 5.43. The number of carboxylic acids is 1. The predicted octanol–water partition coefficient (Wildman–Crippen LogP) is -0.0408. The van der Waals surface area contributed by atoms with Gasteiger partial charge in [0.2, 0.25) is 0 Å². The molecular weight excluding hydrogens is 214 g/mol. The van der Waals surface area contributed by atoms with Crippen molar-refractivity contribution in [3.05, 3.63) is 24.0 Å². The van der Waals surface area contributed by atoms with Crippen molar-refractivity contribution in [1.29, 1.82) is 0 Å². The molecular formula is C10H13NO5. The lowest BCUT2D eigenvalue weighted by atomic mass is 10.1. The molecule has 0 saturated heterocycles. The molecule has 0 aliphatic heterocycles. The van der Waals surface area contributed by atoms with Crippen molar-refractivity contribution in [2.24, 2.45) is 0 Å². The van der Waals surface area contributed by atoms with Gasteiger partial charge in [-0.15, -0.1) is 0 Å². The number of hydrogen-bond acceptors (Lipinski definition) is 5. The van der Waals surface area contributed by atoms with Crippen molar-refractivity contribution < 1.29 is 24.9 Å². The van der Waals surface area contributed by atoms with Gasteiger partial charge in [0.05, 0.1) is 31.5 Å². The van der Waals surface area contributed by atoms with Crippen LogP contribution in [0.3, 0.4) is 0 Å². The Balaban J connectivity index is 2.71. The molecule has 0 radical (unpaired) electrons. The third kappa shape index (κ3) is 3.18. The number of methoxy groups -OCH3 is 1. The Bertz CT molecular complexity index is 351. The second-order valence-corrected chi connectivity index (χ2v) is 3.23. The highest BCUT2D eigenvalue weighted by Crippen LogP contribution is 2.18. The van der Waals surface area contributed by atoms with E-state index < -0.39 is 24.6 Å².